The second-order valence-electron chi connectivity index (χ2n) is 5.87. The molecule has 17 heavy (non-hydrogen) atoms. The highest BCUT2D eigenvalue weighted by Crippen LogP contribution is 2.25. The Hall–Kier alpha value is -0.610. The van der Waals surface area contributed by atoms with Crippen LogP contribution in [0.25, 0.3) is 0 Å². The summed E-state index contributed by atoms with van der Waals surface area (Å²) in [5.41, 5.74) is 5.25. The van der Waals surface area contributed by atoms with Gasteiger partial charge in [-0.1, -0.05) is 13.8 Å². The lowest BCUT2D eigenvalue weighted by molar-refractivity contribution is -0.142. The van der Waals surface area contributed by atoms with Gasteiger partial charge in [-0.25, -0.2) is 0 Å². The second-order valence-corrected chi connectivity index (χ2v) is 5.87. The molecule has 0 atom stereocenters. The largest absolute Gasteiger partial charge is 0.342 e. The number of carbonyl (C=O) groups is 1. The summed E-state index contributed by atoms with van der Waals surface area (Å²) in [6.07, 6.45) is 2.91. The Morgan fingerprint density at radius 3 is 2.41 bits per heavy atom. The molecule has 4 nitrogen and oxygen atoms in total. The summed E-state index contributed by atoms with van der Waals surface area (Å²) in [6, 6.07) is 0.399. The lowest BCUT2D eigenvalue weighted by Gasteiger charge is -2.38. The van der Waals surface area contributed by atoms with E-state index in [0.29, 0.717) is 12.6 Å². The summed E-state index contributed by atoms with van der Waals surface area (Å²) >= 11 is 0. The van der Waals surface area contributed by atoms with Crippen LogP contribution in [0.4, 0.5) is 0 Å². The third-order valence-electron chi connectivity index (χ3n) is 3.90. The Kier molecular flexibility index (Phi) is 4.95. The quantitative estimate of drug-likeness (QED) is 0.796. The molecule has 0 aromatic rings. The maximum Gasteiger partial charge on any atom is 0.228 e. The molecule has 1 rings (SSSR count). The van der Waals surface area contributed by atoms with Gasteiger partial charge in [0.2, 0.25) is 5.91 Å². The zero-order valence-electron chi connectivity index (χ0n) is 11.7. The van der Waals surface area contributed by atoms with Gasteiger partial charge in [-0.15, -0.1) is 0 Å². The molecule has 0 bridgehead atoms. The van der Waals surface area contributed by atoms with Crippen LogP contribution in [0.15, 0.2) is 0 Å². The third-order valence-corrected chi connectivity index (χ3v) is 3.90. The lowest BCUT2D eigenvalue weighted by Crippen LogP contribution is -2.49. The molecule has 1 heterocycles. The molecule has 1 amide bonds. The van der Waals surface area contributed by atoms with Gasteiger partial charge in [0.15, 0.2) is 0 Å². The first kappa shape index (κ1) is 14.5. The van der Waals surface area contributed by atoms with Crippen LogP contribution in [0.1, 0.15) is 33.1 Å². The van der Waals surface area contributed by atoms with E-state index >= 15 is 0 Å². The van der Waals surface area contributed by atoms with Gasteiger partial charge in [0.1, 0.15) is 0 Å². The van der Waals surface area contributed by atoms with E-state index in [2.05, 4.69) is 11.9 Å². The van der Waals surface area contributed by atoms with Crippen molar-refractivity contribution in [3.05, 3.63) is 0 Å². The maximum atomic E-state index is 12.4. The normalized spacial score (nSPS) is 19.4. The van der Waals surface area contributed by atoms with Gasteiger partial charge in [0, 0.05) is 18.5 Å². The molecule has 1 fully saturated rings. The van der Waals surface area contributed by atoms with Crippen molar-refractivity contribution in [1.82, 2.24) is 9.80 Å². The van der Waals surface area contributed by atoms with Crippen molar-refractivity contribution in [3.63, 3.8) is 0 Å². The molecule has 0 unspecified atom stereocenters. The molecule has 1 saturated heterocycles. The summed E-state index contributed by atoms with van der Waals surface area (Å²) in [6.45, 7) is 6.72. The van der Waals surface area contributed by atoms with E-state index in [0.717, 1.165) is 32.4 Å². The highest BCUT2D eigenvalue weighted by atomic mass is 16.2. The van der Waals surface area contributed by atoms with Crippen molar-refractivity contribution in [2.45, 2.75) is 39.2 Å². The Labute approximate surface area is 105 Å². The zero-order valence-corrected chi connectivity index (χ0v) is 11.7. The average Bonchev–Trinajstić information content (AvgIpc) is 2.28. The van der Waals surface area contributed by atoms with Gasteiger partial charge in [0.25, 0.3) is 0 Å². The number of nitrogens with zero attached hydrogens (tertiary/aromatic N) is 2. The zero-order chi connectivity index (χ0) is 13.1. The molecule has 0 saturated carbocycles. The van der Waals surface area contributed by atoms with Crippen molar-refractivity contribution in [2.75, 3.05) is 33.7 Å². The SMILES string of the molecule is CN1CCC(N(C)C(=O)C(C)(C)CCN)CC1. The Bertz CT molecular complexity index is 257. The van der Waals surface area contributed by atoms with Gasteiger partial charge >= 0.3 is 0 Å². The molecule has 0 aromatic carbocycles. The van der Waals surface area contributed by atoms with Crippen molar-refractivity contribution in [3.8, 4) is 0 Å². The minimum absolute atomic E-state index is 0.234. The first-order chi connectivity index (χ1) is 7.88. The highest BCUT2D eigenvalue weighted by Gasteiger charge is 2.33. The van der Waals surface area contributed by atoms with Gasteiger partial charge in [-0.3, -0.25) is 4.79 Å². The molecule has 4 heteroatoms. The molecule has 2 N–H and O–H groups in total. The number of carbonyl (C=O) groups excluding carboxylic acids is 1. The van der Waals surface area contributed by atoms with Crippen LogP contribution in [0, 0.1) is 5.41 Å². The predicted octanol–water partition coefficient (Wildman–Crippen LogP) is 0.914. The number of rotatable bonds is 4. The van der Waals surface area contributed by atoms with Crippen LogP contribution < -0.4 is 5.73 Å². The summed E-state index contributed by atoms with van der Waals surface area (Å²) in [5.74, 6) is 0.234. The van der Waals surface area contributed by atoms with Gasteiger partial charge in [0.05, 0.1) is 0 Å². The average molecular weight is 241 g/mol. The van der Waals surface area contributed by atoms with Gasteiger partial charge in [-0.05, 0) is 45.9 Å². The smallest absolute Gasteiger partial charge is 0.228 e. The third kappa shape index (κ3) is 3.68. The van der Waals surface area contributed by atoms with Crippen LogP contribution in [0.2, 0.25) is 0 Å². The number of likely N-dealkylation sites (tertiary alicyclic amines) is 1. The molecule has 0 aliphatic carbocycles. The van der Waals surface area contributed by atoms with Crippen molar-refractivity contribution < 1.29 is 4.79 Å². The Morgan fingerprint density at radius 2 is 1.94 bits per heavy atom. The fraction of sp³-hybridized carbons (Fsp3) is 0.923. The lowest BCUT2D eigenvalue weighted by atomic mass is 9.86. The highest BCUT2D eigenvalue weighted by molar-refractivity contribution is 5.82. The molecule has 0 radical (unpaired) electrons. The van der Waals surface area contributed by atoms with Crippen LogP contribution in [0.3, 0.4) is 0 Å². The number of nitrogens with two attached hydrogens (primary N) is 1. The monoisotopic (exact) mass is 241 g/mol. The van der Waals surface area contributed by atoms with Gasteiger partial charge in [-0.2, -0.15) is 0 Å². The summed E-state index contributed by atoms with van der Waals surface area (Å²) in [5, 5.41) is 0. The van der Waals surface area contributed by atoms with E-state index in [1.807, 2.05) is 25.8 Å². The molecular formula is C13H27N3O. The van der Waals surface area contributed by atoms with E-state index in [9.17, 15) is 4.79 Å². The van der Waals surface area contributed by atoms with E-state index in [1.54, 1.807) is 0 Å². The molecule has 1 aliphatic rings. The van der Waals surface area contributed by atoms with Crippen LogP contribution in [-0.4, -0.2) is 55.5 Å². The molecule has 0 aromatic heterocycles. The Morgan fingerprint density at radius 1 is 1.41 bits per heavy atom. The number of piperidine rings is 1. The summed E-state index contributed by atoms with van der Waals surface area (Å²) in [7, 11) is 4.08. The number of hydrogen-bond donors (Lipinski definition) is 1. The van der Waals surface area contributed by atoms with E-state index < -0.39 is 0 Å². The first-order valence-electron chi connectivity index (χ1n) is 6.54. The van der Waals surface area contributed by atoms with Crippen molar-refractivity contribution in [2.24, 2.45) is 11.1 Å². The molecular weight excluding hydrogens is 214 g/mol. The maximum absolute atomic E-state index is 12.4. The topological polar surface area (TPSA) is 49.6 Å². The summed E-state index contributed by atoms with van der Waals surface area (Å²) < 4.78 is 0. The number of amides is 1. The molecule has 100 valence electrons. The van der Waals surface area contributed by atoms with E-state index in [-0.39, 0.29) is 11.3 Å². The van der Waals surface area contributed by atoms with Crippen LogP contribution in [0.5, 0.6) is 0 Å². The fourth-order valence-corrected chi connectivity index (χ4v) is 2.49. The number of hydrogen-bond acceptors (Lipinski definition) is 3. The van der Waals surface area contributed by atoms with E-state index in [4.69, 9.17) is 5.73 Å². The predicted molar refractivity (Wildman–Crippen MR) is 70.7 cm³/mol. The minimum atomic E-state index is -0.327. The van der Waals surface area contributed by atoms with Gasteiger partial charge < -0.3 is 15.5 Å². The Balaban J connectivity index is 2.57. The van der Waals surface area contributed by atoms with E-state index in [1.165, 1.54) is 0 Å². The van der Waals surface area contributed by atoms with Crippen molar-refractivity contribution >= 4 is 5.91 Å². The standard InChI is InChI=1S/C13H27N3O/c1-13(2,7-8-14)12(17)16(4)11-5-9-15(3)10-6-11/h11H,5-10,14H2,1-4H3. The fourth-order valence-electron chi connectivity index (χ4n) is 2.49. The van der Waals surface area contributed by atoms with Crippen molar-refractivity contribution in [1.29, 1.82) is 0 Å². The first-order valence-corrected chi connectivity index (χ1v) is 6.54. The second kappa shape index (κ2) is 5.83. The molecule has 0 spiro atoms. The van der Waals surface area contributed by atoms with Crippen LogP contribution >= 0.6 is 0 Å². The van der Waals surface area contributed by atoms with Crippen LogP contribution in [-0.2, 0) is 4.79 Å². The summed E-state index contributed by atoms with van der Waals surface area (Å²) in [4.78, 5) is 16.7. The molecule has 1 aliphatic heterocycles. The minimum Gasteiger partial charge on any atom is -0.342 e.